The van der Waals surface area contributed by atoms with Crippen molar-refractivity contribution in [3.8, 4) is 10.4 Å². The number of thiophene rings is 1. The molecule has 1 heterocycles. The number of nitrogens with two attached hydrogens (primary N) is 1. The molecule has 0 fully saturated rings. The first kappa shape index (κ1) is 15.8. The predicted molar refractivity (Wildman–Crippen MR) is 97.1 cm³/mol. The molecule has 0 radical (unpaired) electrons. The molecule has 0 atom stereocenters. The summed E-state index contributed by atoms with van der Waals surface area (Å²) in [7, 11) is 0. The van der Waals surface area contributed by atoms with Crippen LogP contribution in [0.4, 0.5) is 5.69 Å². The maximum absolute atomic E-state index is 12.3. The van der Waals surface area contributed by atoms with Crippen molar-refractivity contribution in [2.45, 2.75) is 19.8 Å². The fourth-order valence-electron chi connectivity index (χ4n) is 2.35. The van der Waals surface area contributed by atoms with Crippen LogP contribution in [0.15, 0.2) is 47.1 Å². The molecule has 0 spiro atoms. The molecule has 0 saturated carbocycles. The average Bonchev–Trinajstić information content (AvgIpc) is 3.11. The van der Waals surface area contributed by atoms with E-state index in [4.69, 9.17) is 17.3 Å². The molecule has 1 amide bonds. The van der Waals surface area contributed by atoms with Gasteiger partial charge in [0.1, 0.15) is 4.88 Å². The van der Waals surface area contributed by atoms with Crippen LogP contribution in [-0.2, 0) is 0 Å². The van der Waals surface area contributed by atoms with Crippen LogP contribution in [0.3, 0.4) is 0 Å². The minimum atomic E-state index is -0.279. The molecule has 1 aliphatic rings. The lowest BCUT2D eigenvalue weighted by molar-refractivity contribution is 0.0959. The molecule has 1 aromatic carbocycles. The van der Waals surface area contributed by atoms with E-state index in [1.54, 1.807) is 6.07 Å². The number of anilines is 1. The number of nitrogen functional groups attached to an aromatic ring is 1. The zero-order chi connectivity index (χ0) is 16.4. The molecule has 2 aromatic rings. The van der Waals surface area contributed by atoms with Gasteiger partial charge >= 0.3 is 0 Å². The van der Waals surface area contributed by atoms with Crippen LogP contribution in [-0.4, -0.2) is 11.6 Å². The Labute approximate surface area is 143 Å². The van der Waals surface area contributed by atoms with Crippen molar-refractivity contribution in [2.75, 3.05) is 5.73 Å². The van der Waals surface area contributed by atoms with Gasteiger partial charge in [-0.2, -0.15) is 5.10 Å². The lowest BCUT2D eigenvalue weighted by atomic mass is 10.2. The fourth-order valence-corrected chi connectivity index (χ4v) is 3.46. The van der Waals surface area contributed by atoms with Crippen molar-refractivity contribution < 1.29 is 4.79 Å². The Kier molecular flexibility index (Phi) is 4.50. The van der Waals surface area contributed by atoms with Gasteiger partial charge in [0.25, 0.3) is 5.91 Å². The number of amides is 1. The lowest BCUT2D eigenvalue weighted by Gasteiger charge is -1.99. The second-order valence-electron chi connectivity index (χ2n) is 5.44. The Morgan fingerprint density at radius 1 is 1.30 bits per heavy atom. The summed E-state index contributed by atoms with van der Waals surface area (Å²) in [4.78, 5) is 13.7. The Bertz CT molecular complexity index is 806. The van der Waals surface area contributed by atoms with Gasteiger partial charge in [-0.15, -0.1) is 11.3 Å². The highest BCUT2D eigenvalue weighted by atomic mass is 35.5. The number of hydrogen-bond acceptors (Lipinski definition) is 4. The number of hydrazone groups is 1. The quantitative estimate of drug-likeness (QED) is 0.805. The Balaban J connectivity index is 1.78. The monoisotopic (exact) mass is 345 g/mol. The van der Waals surface area contributed by atoms with Crippen molar-refractivity contribution >= 4 is 40.2 Å². The van der Waals surface area contributed by atoms with E-state index in [0.29, 0.717) is 15.6 Å². The minimum absolute atomic E-state index is 0.279. The van der Waals surface area contributed by atoms with Gasteiger partial charge < -0.3 is 5.73 Å². The number of carbonyl (C=O) groups excluding carboxylic acids is 1. The van der Waals surface area contributed by atoms with Crippen molar-refractivity contribution in [2.24, 2.45) is 5.10 Å². The standard InChI is InChI=1S/C17H16ClN3OS/c1-10-2-7-13(8-10)20-21-17(22)16-14(19)9-15(23-16)11-3-5-12(18)6-4-11/h3-6,8-9H,2,7,19H2,1H3,(H,21,22). The molecule has 23 heavy (non-hydrogen) atoms. The maximum atomic E-state index is 12.3. The molecule has 1 aliphatic carbocycles. The van der Waals surface area contributed by atoms with E-state index in [1.807, 2.05) is 30.3 Å². The highest BCUT2D eigenvalue weighted by Crippen LogP contribution is 2.33. The highest BCUT2D eigenvalue weighted by Gasteiger charge is 2.16. The molecule has 0 unspecified atom stereocenters. The molecule has 4 nitrogen and oxygen atoms in total. The van der Waals surface area contributed by atoms with Gasteiger partial charge in [-0.25, -0.2) is 5.43 Å². The van der Waals surface area contributed by atoms with Crippen LogP contribution in [0.25, 0.3) is 10.4 Å². The molecule has 3 N–H and O–H groups in total. The van der Waals surface area contributed by atoms with E-state index in [0.717, 1.165) is 29.0 Å². The minimum Gasteiger partial charge on any atom is -0.397 e. The zero-order valence-electron chi connectivity index (χ0n) is 12.6. The van der Waals surface area contributed by atoms with Crippen molar-refractivity contribution in [3.05, 3.63) is 51.9 Å². The van der Waals surface area contributed by atoms with Gasteiger partial charge in [0, 0.05) is 9.90 Å². The van der Waals surface area contributed by atoms with Crippen LogP contribution in [0, 0.1) is 0 Å². The van der Waals surface area contributed by atoms with Gasteiger partial charge in [0.15, 0.2) is 0 Å². The first-order chi connectivity index (χ1) is 11.0. The molecule has 0 aliphatic heterocycles. The molecular formula is C17H16ClN3OS. The largest absolute Gasteiger partial charge is 0.397 e. The van der Waals surface area contributed by atoms with E-state index in [1.165, 1.54) is 16.9 Å². The third-order valence-electron chi connectivity index (χ3n) is 3.59. The molecule has 3 rings (SSSR count). The number of halogens is 1. The third-order valence-corrected chi connectivity index (χ3v) is 5.04. The van der Waals surface area contributed by atoms with Gasteiger partial charge in [-0.1, -0.05) is 29.3 Å². The average molecular weight is 346 g/mol. The summed E-state index contributed by atoms with van der Waals surface area (Å²) >= 11 is 7.24. The molecule has 0 bridgehead atoms. The van der Waals surface area contributed by atoms with E-state index < -0.39 is 0 Å². The van der Waals surface area contributed by atoms with Crippen LogP contribution < -0.4 is 11.2 Å². The van der Waals surface area contributed by atoms with E-state index in [-0.39, 0.29) is 5.91 Å². The van der Waals surface area contributed by atoms with Crippen molar-refractivity contribution in [1.29, 1.82) is 0 Å². The van der Waals surface area contributed by atoms with Crippen molar-refractivity contribution in [1.82, 2.24) is 5.43 Å². The number of carbonyl (C=O) groups is 1. The highest BCUT2D eigenvalue weighted by molar-refractivity contribution is 7.18. The van der Waals surface area contributed by atoms with Gasteiger partial charge in [0.2, 0.25) is 0 Å². The molecular weight excluding hydrogens is 330 g/mol. The van der Waals surface area contributed by atoms with Crippen LogP contribution >= 0.6 is 22.9 Å². The Morgan fingerprint density at radius 3 is 2.70 bits per heavy atom. The molecule has 118 valence electrons. The number of allylic oxidation sites excluding steroid dienone is 2. The number of nitrogens with zero attached hydrogens (tertiary/aromatic N) is 1. The lowest BCUT2D eigenvalue weighted by Crippen LogP contribution is -2.18. The normalized spacial score (nSPS) is 15.7. The summed E-state index contributed by atoms with van der Waals surface area (Å²) in [5.74, 6) is -0.279. The van der Waals surface area contributed by atoms with E-state index in [9.17, 15) is 4.79 Å². The first-order valence-electron chi connectivity index (χ1n) is 7.22. The SMILES string of the molecule is CC1=CC(=NNC(=O)c2sc(-c3ccc(Cl)cc3)cc2N)CC1. The summed E-state index contributed by atoms with van der Waals surface area (Å²) in [5, 5.41) is 4.83. The second kappa shape index (κ2) is 6.56. The van der Waals surface area contributed by atoms with Gasteiger partial charge in [0.05, 0.1) is 11.4 Å². The Morgan fingerprint density at radius 2 is 2.04 bits per heavy atom. The zero-order valence-corrected chi connectivity index (χ0v) is 14.2. The smallest absolute Gasteiger partial charge is 0.283 e. The molecule has 0 saturated heterocycles. The Hall–Kier alpha value is -2.11. The summed E-state index contributed by atoms with van der Waals surface area (Å²) < 4.78 is 0. The van der Waals surface area contributed by atoms with E-state index in [2.05, 4.69) is 17.5 Å². The van der Waals surface area contributed by atoms with E-state index >= 15 is 0 Å². The third kappa shape index (κ3) is 3.63. The maximum Gasteiger partial charge on any atom is 0.283 e. The summed E-state index contributed by atoms with van der Waals surface area (Å²) in [6.45, 7) is 2.06. The number of rotatable bonds is 3. The first-order valence-corrected chi connectivity index (χ1v) is 8.41. The van der Waals surface area contributed by atoms with Gasteiger partial charge in [-0.05, 0) is 49.6 Å². The van der Waals surface area contributed by atoms with Crippen molar-refractivity contribution in [3.63, 3.8) is 0 Å². The van der Waals surface area contributed by atoms with Crippen LogP contribution in [0.5, 0.6) is 0 Å². The topological polar surface area (TPSA) is 67.5 Å². The number of benzene rings is 1. The molecule has 1 aromatic heterocycles. The summed E-state index contributed by atoms with van der Waals surface area (Å²) in [6.07, 6.45) is 3.86. The van der Waals surface area contributed by atoms with Gasteiger partial charge in [-0.3, -0.25) is 4.79 Å². The fraction of sp³-hybridized carbons (Fsp3) is 0.176. The second-order valence-corrected chi connectivity index (χ2v) is 6.93. The number of hydrogen-bond donors (Lipinski definition) is 2. The summed E-state index contributed by atoms with van der Waals surface area (Å²) in [6, 6.07) is 9.24. The summed E-state index contributed by atoms with van der Waals surface area (Å²) in [5.41, 5.74) is 12.2. The number of nitrogens with one attached hydrogen (secondary N) is 1. The predicted octanol–water partition coefficient (Wildman–Crippen LogP) is 4.48. The van der Waals surface area contributed by atoms with Crippen LogP contribution in [0.2, 0.25) is 5.02 Å². The van der Waals surface area contributed by atoms with Crippen LogP contribution in [0.1, 0.15) is 29.4 Å². The molecule has 6 heteroatoms.